The van der Waals surface area contributed by atoms with Crippen LogP contribution in [-0.2, 0) is 6.54 Å². The number of benzene rings is 1. The molecule has 0 radical (unpaired) electrons. The highest BCUT2D eigenvalue weighted by atomic mass is 19.1. The van der Waals surface area contributed by atoms with Crippen LogP contribution in [-0.4, -0.2) is 36.5 Å². The lowest BCUT2D eigenvalue weighted by Crippen LogP contribution is -2.37. The molecule has 1 unspecified atom stereocenters. The maximum atomic E-state index is 14.0. The van der Waals surface area contributed by atoms with Crippen molar-refractivity contribution in [2.45, 2.75) is 32.4 Å². The van der Waals surface area contributed by atoms with E-state index < -0.39 is 5.91 Å². The number of halogens is 1. The second-order valence-electron chi connectivity index (χ2n) is 5.29. The third-order valence-electron chi connectivity index (χ3n) is 3.77. The van der Waals surface area contributed by atoms with Crippen LogP contribution in [0.5, 0.6) is 0 Å². The molecular formula is C15H22FN3O. The van der Waals surface area contributed by atoms with Crippen molar-refractivity contribution in [3.8, 4) is 0 Å². The van der Waals surface area contributed by atoms with Gasteiger partial charge in [-0.25, -0.2) is 4.39 Å². The van der Waals surface area contributed by atoms with Crippen LogP contribution >= 0.6 is 0 Å². The van der Waals surface area contributed by atoms with Crippen molar-refractivity contribution >= 4 is 5.91 Å². The van der Waals surface area contributed by atoms with Crippen LogP contribution in [0.15, 0.2) is 18.2 Å². The molecule has 0 spiro atoms. The molecule has 1 fully saturated rings. The van der Waals surface area contributed by atoms with Gasteiger partial charge in [0.15, 0.2) is 0 Å². The molecule has 0 aromatic heterocycles. The molecule has 1 saturated heterocycles. The van der Waals surface area contributed by atoms with E-state index in [1.807, 2.05) is 0 Å². The number of nitrogens with one attached hydrogen (secondary N) is 1. The number of carbonyl (C=O) groups excluding carboxylic acids is 1. The number of primary amides is 1. The maximum Gasteiger partial charge on any atom is 0.248 e. The highest BCUT2D eigenvalue weighted by Gasteiger charge is 2.22. The van der Waals surface area contributed by atoms with Gasteiger partial charge >= 0.3 is 0 Å². The van der Waals surface area contributed by atoms with E-state index in [0.29, 0.717) is 18.2 Å². The fourth-order valence-electron chi connectivity index (χ4n) is 2.68. The zero-order valence-corrected chi connectivity index (χ0v) is 11.9. The first-order chi connectivity index (χ1) is 9.61. The first kappa shape index (κ1) is 14.9. The Kier molecular flexibility index (Phi) is 5.09. The van der Waals surface area contributed by atoms with Crippen molar-refractivity contribution in [3.05, 3.63) is 35.1 Å². The van der Waals surface area contributed by atoms with Crippen LogP contribution in [0.4, 0.5) is 4.39 Å². The number of amides is 1. The average Bonchev–Trinajstić information content (AvgIpc) is 2.94. The molecule has 1 atom stereocenters. The summed E-state index contributed by atoms with van der Waals surface area (Å²) in [5, 5.41) is 3.34. The number of hydrogen-bond donors (Lipinski definition) is 2. The molecule has 4 nitrogen and oxygen atoms in total. The number of nitrogens with zero attached hydrogens (tertiary/aromatic N) is 1. The van der Waals surface area contributed by atoms with Crippen LogP contribution < -0.4 is 11.1 Å². The standard InChI is InChI=1S/C15H22FN3O/c1-2-7-19(13-5-6-18-9-13)10-12-4-3-11(15(17)20)8-14(12)16/h3-4,8,13,18H,2,5-7,9-10H2,1H3,(H2,17,20). The fraction of sp³-hybridized carbons (Fsp3) is 0.533. The van der Waals surface area contributed by atoms with Gasteiger partial charge in [0.2, 0.25) is 5.91 Å². The SMILES string of the molecule is CCCN(Cc1ccc(C(N)=O)cc1F)C1CCNC1. The van der Waals surface area contributed by atoms with Gasteiger partial charge in [-0.1, -0.05) is 13.0 Å². The van der Waals surface area contributed by atoms with E-state index in [2.05, 4.69) is 17.1 Å². The molecule has 5 heteroatoms. The average molecular weight is 279 g/mol. The highest BCUT2D eigenvalue weighted by Crippen LogP contribution is 2.17. The highest BCUT2D eigenvalue weighted by molar-refractivity contribution is 5.92. The zero-order chi connectivity index (χ0) is 14.5. The van der Waals surface area contributed by atoms with Crippen LogP contribution in [0, 0.1) is 5.82 Å². The van der Waals surface area contributed by atoms with Gasteiger partial charge in [-0.05, 0) is 38.1 Å². The van der Waals surface area contributed by atoms with Crippen molar-refractivity contribution in [2.24, 2.45) is 5.73 Å². The summed E-state index contributed by atoms with van der Waals surface area (Å²) in [5.74, 6) is -0.950. The van der Waals surface area contributed by atoms with E-state index in [9.17, 15) is 9.18 Å². The van der Waals surface area contributed by atoms with Crippen LogP contribution in [0.1, 0.15) is 35.7 Å². The van der Waals surface area contributed by atoms with Crippen molar-refractivity contribution in [3.63, 3.8) is 0 Å². The minimum Gasteiger partial charge on any atom is -0.366 e. The molecule has 0 aliphatic carbocycles. The summed E-state index contributed by atoms with van der Waals surface area (Å²) in [5.41, 5.74) is 6.00. The molecule has 1 heterocycles. The Hall–Kier alpha value is -1.46. The van der Waals surface area contributed by atoms with Gasteiger partial charge in [0, 0.05) is 30.3 Å². The molecule has 2 rings (SSSR count). The summed E-state index contributed by atoms with van der Waals surface area (Å²) in [6.45, 7) is 5.63. The van der Waals surface area contributed by atoms with Gasteiger partial charge in [-0.3, -0.25) is 9.69 Å². The van der Waals surface area contributed by atoms with Gasteiger partial charge in [-0.15, -0.1) is 0 Å². The number of rotatable bonds is 6. The van der Waals surface area contributed by atoms with Gasteiger partial charge in [-0.2, -0.15) is 0 Å². The minimum absolute atomic E-state index is 0.218. The van der Waals surface area contributed by atoms with Crippen molar-refractivity contribution < 1.29 is 9.18 Å². The molecular weight excluding hydrogens is 257 g/mol. The third kappa shape index (κ3) is 3.55. The summed E-state index contributed by atoms with van der Waals surface area (Å²) in [4.78, 5) is 13.3. The quantitative estimate of drug-likeness (QED) is 0.829. The van der Waals surface area contributed by atoms with E-state index in [0.717, 1.165) is 32.5 Å². The van der Waals surface area contributed by atoms with Gasteiger partial charge in [0.05, 0.1) is 0 Å². The summed E-state index contributed by atoms with van der Waals surface area (Å²) >= 11 is 0. The molecule has 1 aromatic carbocycles. The molecule has 1 aromatic rings. The number of hydrogen-bond acceptors (Lipinski definition) is 3. The zero-order valence-electron chi connectivity index (χ0n) is 11.9. The normalized spacial score (nSPS) is 18.6. The predicted octanol–water partition coefficient (Wildman–Crippen LogP) is 1.50. The first-order valence-electron chi connectivity index (χ1n) is 7.14. The summed E-state index contributed by atoms with van der Waals surface area (Å²) < 4.78 is 14.0. The fourth-order valence-corrected chi connectivity index (χ4v) is 2.68. The lowest BCUT2D eigenvalue weighted by molar-refractivity contribution is 0.0999. The lowest BCUT2D eigenvalue weighted by Gasteiger charge is -2.28. The van der Waals surface area contributed by atoms with Gasteiger partial charge in [0.1, 0.15) is 5.82 Å². The molecule has 1 aliphatic heterocycles. The molecule has 20 heavy (non-hydrogen) atoms. The molecule has 3 N–H and O–H groups in total. The topological polar surface area (TPSA) is 58.4 Å². The Balaban J connectivity index is 2.11. The predicted molar refractivity (Wildman–Crippen MR) is 76.9 cm³/mol. The number of carbonyl (C=O) groups is 1. The first-order valence-corrected chi connectivity index (χ1v) is 7.14. The Morgan fingerprint density at radius 2 is 2.35 bits per heavy atom. The maximum absolute atomic E-state index is 14.0. The Morgan fingerprint density at radius 1 is 1.55 bits per heavy atom. The van der Waals surface area contributed by atoms with E-state index in [-0.39, 0.29) is 11.4 Å². The van der Waals surface area contributed by atoms with E-state index in [4.69, 9.17) is 5.73 Å². The van der Waals surface area contributed by atoms with Crippen LogP contribution in [0.2, 0.25) is 0 Å². The Bertz CT molecular complexity index is 472. The second kappa shape index (κ2) is 6.81. The van der Waals surface area contributed by atoms with Gasteiger partial charge in [0.25, 0.3) is 0 Å². The molecule has 0 bridgehead atoms. The summed E-state index contributed by atoms with van der Waals surface area (Å²) in [6, 6.07) is 4.96. The van der Waals surface area contributed by atoms with E-state index in [1.165, 1.54) is 6.07 Å². The smallest absolute Gasteiger partial charge is 0.248 e. The van der Waals surface area contributed by atoms with Crippen LogP contribution in [0.3, 0.4) is 0 Å². The lowest BCUT2D eigenvalue weighted by atomic mass is 10.1. The second-order valence-corrected chi connectivity index (χ2v) is 5.29. The monoisotopic (exact) mass is 279 g/mol. The largest absolute Gasteiger partial charge is 0.366 e. The molecule has 1 amide bonds. The van der Waals surface area contributed by atoms with Crippen molar-refractivity contribution in [1.29, 1.82) is 0 Å². The Labute approximate surface area is 119 Å². The molecule has 0 saturated carbocycles. The molecule has 110 valence electrons. The third-order valence-corrected chi connectivity index (χ3v) is 3.77. The van der Waals surface area contributed by atoms with Crippen molar-refractivity contribution in [1.82, 2.24) is 10.2 Å². The minimum atomic E-state index is -0.596. The van der Waals surface area contributed by atoms with Crippen molar-refractivity contribution in [2.75, 3.05) is 19.6 Å². The number of nitrogens with two attached hydrogens (primary N) is 1. The van der Waals surface area contributed by atoms with E-state index >= 15 is 0 Å². The Morgan fingerprint density at radius 3 is 2.90 bits per heavy atom. The van der Waals surface area contributed by atoms with Gasteiger partial charge < -0.3 is 11.1 Å². The van der Waals surface area contributed by atoms with Crippen LogP contribution in [0.25, 0.3) is 0 Å². The summed E-state index contributed by atoms with van der Waals surface area (Å²) in [6.07, 6.45) is 2.14. The molecule has 1 aliphatic rings. The summed E-state index contributed by atoms with van der Waals surface area (Å²) in [7, 11) is 0. The van der Waals surface area contributed by atoms with E-state index in [1.54, 1.807) is 12.1 Å².